The van der Waals surface area contributed by atoms with Crippen molar-refractivity contribution in [2.24, 2.45) is 5.73 Å². The molecule has 4 nitrogen and oxygen atoms in total. The molecule has 1 rings (SSSR count). The van der Waals surface area contributed by atoms with Gasteiger partial charge in [-0.3, -0.25) is 4.79 Å². The number of alkyl halides is 3. The van der Waals surface area contributed by atoms with Gasteiger partial charge in [-0.1, -0.05) is 0 Å². The zero-order valence-corrected chi connectivity index (χ0v) is 12.5. The summed E-state index contributed by atoms with van der Waals surface area (Å²) in [5.41, 5.74) is 6.49. The number of nitrogens with one attached hydrogen (secondary N) is 1. The minimum atomic E-state index is -4.38. The number of rotatable bonds is 5. The van der Waals surface area contributed by atoms with E-state index in [0.29, 0.717) is 11.3 Å². The molecule has 1 aromatic rings. The largest absolute Gasteiger partial charge is 0.484 e. The number of benzene rings is 1. The number of carbonyl (C=O) groups is 1. The molecule has 8 heteroatoms. The average molecular weight is 327 g/mol. The van der Waals surface area contributed by atoms with E-state index in [1.807, 2.05) is 0 Å². The van der Waals surface area contributed by atoms with Crippen LogP contribution in [0.5, 0.6) is 5.75 Å². The summed E-state index contributed by atoms with van der Waals surface area (Å²) < 4.78 is 40.8. The van der Waals surface area contributed by atoms with Gasteiger partial charge < -0.3 is 15.8 Å². The molecule has 0 aromatic heterocycles. The van der Waals surface area contributed by atoms with Crippen LogP contribution in [0.4, 0.5) is 18.9 Å². The van der Waals surface area contributed by atoms with Crippen molar-refractivity contribution in [2.75, 3.05) is 11.9 Å². The van der Waals surface area contributed by atoms with Crippen LogP contribution >= 0.6 is 12.4 Å². The Morgan fingerprint density at radius 2 is 2.05 bits per heavy atom. The van der Waals surface area contributed by atoms with Crippen molar-refractivity contribution in [3.8, 4) is 5.75 Å². The molecule has 21 heavy (non-hydrogen) atoms. The fourth-order valence-corrected chi connectivity index (χ4v) is 1.55. The lowest BCUT2D eigenvalue weighted by Crippen LogP contribution is -2.24. The number of hydrogen-bond donors (Lipinski definition) is 2. The minimum Gasteiger partial charge on any atom is -0.484 e. The molecular weight excluding hydrogens is 309 g/mol. The highest BCUT2D eigenvalue weighted by Crippen LogP contribution is 2.24. The van der Waals surface area contributed by atoms with Crippen molar-refractivity contribution in [1.82, 2.24) is 0 Å². The van der Waals surface area contributed by atoms with Gasteiger partial charge in [-0.25, -0.2) is 0 Å². The first-order chi connectivity index (χ1) is 9.17. The summed E-state index contributed by atoms with van der Waals surface area (Å²) in [6.07, 6.45) is -4.21. The van der Waals surface area contributed by atoms with Gasteiger partial charge in [0.15, 0.2) is 6.61 Å². The van der Waals surface area contributed by atoms with Crippen molar-refractivity contribution in [3.05, 3.63) is 23.8 Å². The van der Waals surface area contributed by atoms with Crippen LogP contribution in [0.3, 0.4) is 0 Å². The molecule has 0 fully saturated rings. The molecule has 0 radical (unpaired) electrons. The summed E-state index contributed by atoms with van der Waals surface area (Å²) >= 11 is 0. The Morgan fingerprint density at radius 1 is 1.43 bits per heavy atom. The van der Waals surface area contributed by atoms with E-state index in [2.05, 4.69) is 10.1 Å². The van der Waals surface area contributed by atoms with Crippen LogP contribution in [0.15, 0.2) is 18.2 Å². The lowest BCUT2D eigenvalue weighted by atomic mass is 10.2. The van der Waals surface area contributed by atoms with Gasteiger partial charge in [0.05, 0.1) is 0 Å². The van der Waals surface area contributed by atoms with Crippen molar-refractivity contribution in [3.63, 3.8) is 0 Å². The van der Waals surface area contributed by atoms with E-state index in [0.717, 1.165) is 0 Å². The van der Waals surface area contributed by atoms with Crippen LogP contribution in [-0.2, 0) is 4.79 Å². The molecule has 0 spiro atoms. The SMILES string of the molecule is Cc1cc(NC(=O)CC(C)N)ccc1OCC(F)(F)F.Cl. The third-order valence-electron chi connectivity index (χ3n) is 2.36. The summed E-state index contributed by atoms with van der Waals surface area (Å²) in [7, 11) is 0. The molecule has 0 saturated heterocycles. The lowest BCUT2D eigenvalue weighted by Gasteiger charge is -2.13. The molecule has 0 heterocycles. The van der Waals surface area contributed by atoms with Gasteiger partial charge in [-0.2, -0.15) is 13.2 Å². The van der Waals surface area contributed by atoms with E-state index < -0.39 is 12.8 Å². The fourth-order valence-electron chi connectivity index (χ4n) is 1.55. The van der Waals surface area contributed by atoms with E-state index in [1.165, 1.54) is 12.1 Å². The van der Waals surface area contributed by atoms with Crippen LogP contribution in [0.1, 0.15) is 18.9 Å². The minimum absolute atomic E-state index is 0. The van der Waals surface area contributed by atoms with Crippen molar-refractivity contribution < 1.29 is 22.7 Å². The standard InChI is InChI=1S/C13H17F3N2O2.ClH/c1-8-5-10(18-12(19)6-9(2)17)3-4-11(8)20-7-13(14,15)16;/h3-5,9H,6-7,17H2,1-2H3,(H,18,19);1H. The maximum atomic E-state index is 12.1. The van der Waals surface area contributed by atoms with E-state index in [-0.39, 0.29) is 36.5 Å². The number of carbonyl (C=O) groups excluding carboxylic acids is 1. The smallest absolute Gasteiger partial charge is 0.422 e. The normalized spacial score (nSPS) is 12.3. The molecule has 0 aliphatic carbocycles. The molecule has 1 amide bonds. The van der Waals surface area contributed by atoms with Gasteiger partial charge in [-0.15, -0.1) is 12.4 Å². The number of halogens is 4. The van der Waals surface area contributed by atoms with Crippen molar-refractivity contribution in [1.29, 1.82) is 0 Å². The Morgan fingerprint density at radius 3 is 2.52 bits per heavy atom. The van der Waals surface area contributed by atoms with Gasteiger partial charge in [0.25, 0.3) is 0 Å². The van der Waals surface area contributed by atoms with E-state index >= 15 is 0 Å². The number of hydrogen-bond acceptors (Lipinski definition) is 3. The summed E-state index contributed by atoms with van der Waals surface area (Å²) in [4.78, 5) is 11.5. The summed E-state index contributed by atoms with van der Waals surface area (Å²) in [6, 6.07) is 4.16. The number of aryl methyl sites for hydroxylation is 1. The second-order valence-corrected chi connectivity index (χ2v) is 4.61. The Hall–Kier alpha value is -1.47. The highest BCUT2D eigenvalue weighted by molar-refractivity contribution is 5.91. The molecule has 120 valence electrons. The highest BCUT2D eigenvalue weighted by atomic mass is 35.5. The second-order valence-electron chi connectivity index (χ2n) is 4.61. The predicted octanol–water partition coefficient (Wildman–Crippen LogP) is 3.03. The van der Waals surface area contributed by atoms with Crippen molar-refractivity contribution in [2.45, 2.75) is 32.5 Å². The van der Waals surface area contributed by atoms with Crippen LogP contribution in [0.25, 0.3) is 0 Å². The molecule has 1 aromatic carbocycles. The van der Waals surface area contributed by atoms with Gasteiger partial charge in [-0.05, 0) is 37.6 Å². The quantitative estimate of drug-likeness (QED) is 0.874. The summed E-state index contributed by atoms with van der Waals surface area (Å²) in [5.74, 6) is -0.115. The molecule has 0 saturated carbocycles. The Labute approximate surface area is 127 Å². The number of amides is 1. The van der Waals surface area contributed by atoms with Gasteiger partial charge >= 0.3 is 6.18 Å². The topological polar surface area (TPSA) is 64.4 Å². The van der Waals surface area contributed by atoms with Crippen LogP contribution < -0.4 is 15.8 Å². The highest BCUT2D eigenvalue weighted by Gasteiger charge is 2.28. The Kier molecular flexibility index (Phi) is 7.52. The van der Waals surface area contributed by atoms with Gasteiger partial charge in [0.1, 0.15) is 5.75 Å². The van der Waals surface area contributed by atoms with Gasteiger partial charge in [0.2, 0.25) is 5.91 Å². The maximum absolute atomic E-state index is 12.1. The number of anilines is 1. The monoisotopic (exact) mass is 326 g/mol. The van der Waals surface area contributed by atoms with E-state index in [4.69, 9.17) is 5.73 Å². The van der Waals surface area contributed by atoms with Crippen molar-refractivity contribution >= 4 is 24.0 Å². The maximum Gasteiger partial charge on any atom is 0.422 e. The van der Waals surface area contributed by atoms with Gasteiger partial charge in [0, 0.05) is 18.2 Å². The molecule has 3 N–H and O–H groups in total. The average Bonchev–Trinajstić information content (AvgIpc) is 2.25. The first kappa shape index (κ1) is 19.5. The van der Waals surface area contributed by atoms with E-state index in [1.54, 1.807) is 19.9 Å². The number of nitrogens with two attached hydrogens (primary N) is 1. The Bertz CT molecular complexity index is 479. The third-order valence-corrected chi connectivity index (χ3v) is 2.36. The summed E-state index contributed by atoms with van der Waals surface area (Å²) in [6.45, 7) is 1.97. The molecule has 0 aliphatic rings. The molecule has 0 bridgehead atoms. The lowest BCUT2D eigenvalue weighted by molar-refractivity contribution is -0.153. The van der Waals surface area contributed by atoms with Crippen LogP contribution in [-0.4, -0.2) is 24.7 Å². The second kappa shape index (κ2) is 8.09. The summed E-state index contributed by atoms with van der Waals surface area (Å²) in [5, 5.41) is 2.62. The zero-order valence-electron chi connectivity index (χ0n) is 11.7. The number of ether oxygens (including phenoxy) is 1. The molecular formula is C13H18ClF3N2O2. The first-order valence-corrected chi connectivity index (χ1v) is 6.03. The zero-order chi connectivity index (χ0) is 15.3. The predicted molar refractivity (Wildman–Crippen MR) is 76.9 cm³/mol. The van der Waals surface area contributed by atoms with Crippen LogP contribution in [0, 0.1) is 6.92 Å². The Balaban J connectivity index is 0.00000400. The molecule has 1 unspecified atom stereocenters. The fraction of sp³-hybridized carbons (Fsp3) is 0.462. The third kappa shape index (κ3) is 7.77. The van der Waals surface area contributed by atoms with E-state index in [9.17, 15) is 18.0 Å². The molecule has 0 aliphatic heterocycles. The molecule has 1 atom stereocenters. The van der Waals surface area contributed by atoms with Crippen LogP contribution in [0.2, 0.25) is 0 Å². The first-order valence-electron chi connectivity index (χ1n) is 6.03.